The van der Waals surface area contributed by atoms with E-state index in [0.29, 0.717) is 18.6 Å². The molecule has 1 unspecified atom stereocenters. The Morgan fingerprint density at radius 3 is 2.38 bits per heavy atom. The van der Waals surface area contributed by atoms with Crippen LogP contribution in [0, 0.1) is 22.7 Å². The van der Waals surface area contributed by atoms with Crippen LogP contribution in [-0.2, 0) is 0 Å². The van der Waals surface area contributed by atoms with Crippen LogP contribution in [-0.4, -0.2) is 6.61 Å². The van der Waals surface area contributed by atoms with Crippen LogP contribution in [0.2, 0.25) is 0 Å². The number of hydrogen-bond donors (Lipinski definition) is 0. The summed E-state index contributed by atoms with van der Waals surface area (Å²) in [5.74, 6) is 0.595. The molecule has 3 heteroatoms. The molecule has 3 aromatic carbocycles. The number of ether oxygens (including phenoxy) is 1. The second-order valence-corrected chi connectivity index (χ2v) is 5.53. The Labute approximate surface area is 141 Å². The monoisotopic (exact) mass is 312 g/mol. The number of nitriles is 2. The second kappa shape index (κ2) is 7.31. The van der Waals surface area contributed by atoms with Gasteiger partial charge in [-0.2, -0.15) is 10.5 Å². The van der Waals surface area contributed by atoms with Crippen molar-refractivity contribution < 1.29 is 4.74 Å². The molecule has 0 fully saturated rings. The van der Waals surface area contributed by atoms with Crippen molar-refractivity contribution in [2.24, 2.45) is 0 Å². The predicted molar refractivity (Wildman–Crippen MR) is 93.6 cm³/mol. The van der Waals surface area contributed by atoms with Gasteiger partial charge in [-0.15, -0.1) is 0 Å². The molecular formula is C21H16N2O. The van der Waals surface area contributed by atoms with Crippen LogP contribution in [0.3, 0.4) is 0 Å². The van der Waals surface area contributed by atoms with Crippen molar-refractivity contribution in [1.29, 1.82) is 10.5 Å². The Morgan fingerprint density at radius 1 is 0.875 bits per heavy atom. The van der Waals surface area contributed by atoms with E-state index in [-0.39, 0.29) is 5.92 Å². The van der Waals surface area contributed by atoms with E-state index in [1.807, 2.05) is 42.5 Å². The summed E-state index contributed by atoms with van der Waals surface area (Å²) in [5, 5.41) is 20.5. The van der Waals surface area contributed by atoms with Crippen molar-refractivity contribution in [2.45, 2.75) is 12.3 Å². The minimum Gasteiger partial charge on any atom is -0.493 e. The van der Waals surface area contributed by atoms with Gasteiger partial charge in [0.2, 0.25) is 0 Å². The van der Waals surface area contributed by atoms with E-state index >= 15 is 0 Å². The summed E-state index contributed by atoms with van der Waals surface area (Å²) in [6.07, 6.45) is 0.603. The molecule has 0 saturated heterocycles. The molecule has 0 heterocycles. The molecule has 0 aliphatic heterocycles. The standard InChI is InChI=1S/C21H16N2O/c22-14-16-8-10-17(11-9-16)19(15-23)12-13-24-21-7-3-5-18-4-1-2-6-20(18)21/h1-11,19H,12-13H2. The summed E-state index contributed by atoms with van der Waals surface area (Å²) < 4.78 is 5.91. The molecule has 0 radical (unpaired) electrons. The molecule has 0 amide bonds. The molecule has 1 atom stereocenters. The summed E-state index contributed by atoms with van der Waals surface area (Å²) >= 11 is 0. The van der Waals surface area contributed by atoms with E-state index in [1.165, 1.54) is 0 Å². The second-order valence-electron chi connectivity index (χ2n) is 5.53. The first kappa shape index (κ1) is 15.6. The lowest BCUT2D eigenvalue weighted by Crippen LogP contribution is -2.05. The fraction of sp³-hybridized carbons (Fsp3) is 0.143. The minimum atomic E-state index is -0.243. The summed E-state index contributed by atoms with van der Waals surface area (Å²) in [6.45, 7) is 0.465. The molecule has 0 aliphatic carbocycles. The molecule has 0 spiro atoms. The van der Waals surface area contributed by atoms with E-state index in [0.717, 1.165) is 22.1 Å². The first-order valence-electron chi connectivity index (χ1n) is 7.82. The summed E-state index contributed by atoms with van der Waals surface area (Å²) in [6, 6.07) is 25.6. The number of fused-ring (bicyclic) bond motifs is 1. The van der Waals surface area contributed by atoms with Crippen LogP contribution in [0.25, 0.3) is 10.8 Å². The Bertz CT molecular complexity index is 912. The normalized spacial score (nSPS) is 11.4. The van der Waals surface area contributed by atoms with Crippen molar-refractivity contribution >= 4 is 10.8 Å². The lowest BCUT2D eigenvalue weighted by Gasteiger charge is -2.12. The van der Waals surface area contributed by atoms with Crippen molar-refractivity contribution in [2.75, 3.05) is 6.61 Å². The van der Waals surface area contributed by atoms with Gasteiger partial charge in [-0.3, -0.25) is 0 Å². The Morgan fingerprint density at radius 2 is 1.62 bits per heavy atom. The molecule has 3 nitrogen and oxygen atoms in total. The topological polar surface area (TPSA) is 56.8 Å². The third kappa shape index (κ3) is 3.37. The van der Waals surface area contributed by atoms with Gasteiger partial charge >= 0.3 is 0 Å². The minimum absolute atomic E-state index is 0.243. The van der Waals surface area contributed by atoms with E-state index in [2.05, 4.69) is 24.3 Å². The van der Waals surface area contributed by atoms with Gasteiger partial charge in [0, 0.05) is 11.8 Å². The van der Waals surface area contributed by atoms with Crippen molar-refractivity contribution in [3.05, 3.63) is 77.9 Å². The molecule has 0 N–H and O–H groups in total. The highest BCUT2D eigenvalue weighted by atomic mass is 16.5. The lowest BCUT2D eigenvalue weighted by atomic mass is 9.97. The zero-order valence-corrected chi connectivity index (χ0v) is 13.1. The number of nitrogens with zero attached hydrogens (tertiary/aromatic N) is 2. The number of hydrogen-bond acceptors (Lipinski definition) is 3. The van der Waals surface area contributed by atoms with E-state index in [9.17, 15) is 5.26 Å². The number of rotatable bonds is 5. The van der Waals surface area contributed by atoms with Gasteiger partial charge < -0.3 is 4.74 Å². The van der Waals surface area contributed by atoms with Gasteiger partial charge in [-0.25, -0.2) is 0 Å². The highest BCUT2D eigenvalue weighted by molar-refractivity contribution is 5.88. The van der Waals surface area contributed by atoms with Gasteiger partial charge in [0.05, 0.1) is 30.2 Å². The smallest absolute Gasteiger partial charge is 0.127 e. The quantitative estimate of drug-likeness (QED) is 0.680. The molecule has 3 rings (SSSR count). The highest BCUT2D eigenvalue weighted by Crippen LogP contribution is 2.26. The molecular weight excluding hydrogens is 296 g/mol. The zero-order chi connectivity index (χ0) is 16.8. The molecule has 24 heavy (non-hydrogen) atoms. The van der Waals surface area contributed by atoms with Crippen molar-refractivity contribution in [3.63, 3.8) is 0 Å². The van der Waals surface area contributed by atoms with Crippen LogP contribution in [0.1, 0.15) is 23.5 Å². The predicted octanol–water partition coefficient (Wildman–Crippen LogP) is 4.79. The number of benzene rings is 3. The van der Waals surface area contributed by atoms with E-state index in [1.54, 1.807) is 12.1 Å². The molecule has 116 valence electrons. The van der Waals surface area contributed by atoms with Gasteiger partial charge in [-0.1, -0.05) is 48.5 Å². The summed E-state index contributed by atoms with van der Waals surface area (Å²) in [5.41, 5.74) is 1.51. The molecule has 0 saturated carbocycles. The fourth-order valence-corrected chi connectivity index (χ4v) is 2.70. The Balaban J connectivity index is 1.68. The first-order valence-corrected chi connectivity index (χ1v) is 7.82. The maximum atomic E-state index is 9.40. The molecule has 0 aliphatic rings. The Kier molecular flexibility index (Phi) is 4.75. The largest absolute Gasteiger partial charge is 0.493 e. The maximum absolute atomic E-state index is 9.40. The van der Waals surface area contributed by atoms with Gasteiger partial charge in [0.1, 0.15) is 5.75 Å². The van der Waals surface area contributed by atoms with Crippen LogP contribution in [0.5, 0.6) is 5.75 Å². The SMILES string of the molecule is N#Cc1ccc(C(C#N)CCOc2cccc3ccccc23)cc1. The van der Waals surface area contributed by atoms with Gasteiger partial charge in [0.15, 0.2) is 0 Å². The summed E-state index contributed by atoms with van der Waals surface area (Å²) in [4.78, 5) is 0. The maximum Gasteiger partial charge on any atom is 0.127 e. The van der Waals surface area contributed by atoms with E-state index in [4.69, 9.17) is 10.00 Å². The lowest BCUT2D eigenvalue weighted by molar-refractivity contribution is 0.309. The van der Waals surface area contributed by atoms with Crippen molar-refractivity contribution in [3.8, 4) is 17.9 Å². The van der Waals surface area contributed by atoms with Crippen LogP contribution >= 0.6 is 0 Å². The average molecular weight is 312 g/mol. The van der Waals surface area contributed by atoms with Crippen LogP contribution < -0.4 is 4.74 Å². The van der Waals surface area contributed by atoms with Crippen molar-refractivity contribution in [1.82, 2.24) is 0 Å². The van der Waals surface area contributed by atoms with Gasteiger partial charge in [-0.05, 0) is 29.1 Å². The summed E-state index contributed by atoms with van der Waals surface area (Å²) in [7, 11) is 0. The molecule has 3 aromatic rings. The van der Waals surface area contributed by atoms with Crippen LogP contribution in [0.4, 0.5) is 0 Å². The molecule has 0 aromatic heterocycles. The first-order chi connectivity index (χ1) is 11.8. The Hall–Kier alpha value is -3.30. The zero-order valence-electron chi connectivity index (χ0n) is 13.1. The van der Waals surface area contributed by atoms with Gasteiger partial charge in [0.25, 0.3) is 0 Å². The third-order valence-electron chi connectivity index (χ3n) is 4.01. The average Bonchev–Trinajstić information content (AvgIpc) is 2.65. The fourth-order valence-electron chi connectivity index (χ4n) is 2.70. The van der Waals surface area contributed by atoms with Crippen LogP contribution in [0.15, 0.2) is 66.7 Å². The van der Waals surface area contributed by atoms with E-state index < -0.39 is 0 Å². The highest BCUT2D eigenvalue weighted by Gasteiger charge is 2.11. The molecule has 0 bridgehead atoms. The third-order valence-corrected chi connectivity index (χ3v) is 4.01.